The van der Waals surface area contributed by atoms with E-state index in [0.717, 1.165) is 92.7 Å². The van der Waals surface area contributed by atoms with Crippen LogP contribution in [0, 0.1) is 0 Å². The van der Waals surface area contributed by atoms with Crippen LogP contribution in [-0.2, 0) is 22.5 Å². The maximum Gasteiger partial charge on any atom is 0.330 e. The van der Waals surface area contributed by atoms with Gasteiger partial charge in [-0.05, 0) is 73.9 Å². The van der Waals surface area contributed by atoms with Crippen molar-refractivity contribution in [2.45, 2.75) is 103 Å². The van der Waals surface area contributed by atoms with Gasteiger partial charge in [-0.2, -0.15) is 0 Å². The summed E-state index contributed by atoms with van der Waals surface area (Å²) in [6, 6.07) is 9.78. The normalized spacial score (nSPS) is 14.2. The molecule has 1 atom stereocenters. The number of nitrogens with zero attached hydrogens (tertiary/aromatic N) is 3. The largest absolute Gasteiger partial charge is 0.493 e. The van der Waals surface area contributed by atoms with E-state index in [1.54, 1.807) is 28.4 Å². The molecule has 2 heterocycles. The molecule has 0 saturated carbocycles. The summed E-state index contributed by atoms with van der Waals surface area (Å²) in [5.41, 5.74) is 3.02. The maximum atomic E-state index is 11.3. The number of unbranched alkanes of at least 4 members (excludes halogenated alkanes) is 9. The predicted octanol–water partition coefficient (Wildman–Crippen LogP) is 8.66. The molecule has 1 aliphatic heterocycles. The summed E-state index contributed by atoms with van der Waals surface area (Å²) in [7, 11) is 6.49. The molecule has 0 aliphatic carbocycles. The van der Waals surface area contributed by atoms with E-state index in [0.29, 0.717) is 23.9 Å². The van der Waals surface area contributed by atoms with E-state index in [1.165, 1.54) is 38.2 Å². The Hall–Kier alpha value is -4.47. The molecule has 4 rings (SSSR count). The molecular formula is C40H55N3O7. The molecule has 0 amide bonds. The van der Waals surface area contributed by atoms with Crippen LogP contribution in [0.15, 0.2) is 48.7 Å². The molecule has 0 radical (unpaired) electrons. The highest BCUT2D eigenvalue weighted by molar-refractivity contribution is 5.82. The van der Waals surface area contributed by atoms with Crippen LogP contribution < -0.4 is 23.7 Å². The van der Waals surface area contributed by atoms with Crippen LogP contribution in [0.2, 0.25) is 0 Å². The lowest BCUT2D eigenvalue weighted by Gasteiger charge is -2.18. The SMILES string of the molecule is COc1ccc(/C=C\c2cc(OC)c(OC)c(OC)c2)cc1OCCCCCCCCCCc1cn(CCCCC[C@@H]2CC=CC(=O)O2)nn1. The van der Waals surface area contributed by atoms with Crippen LogP contribution in [0.5, 0.6) is 28.7 Å². The van der Waals surface area contributed by atoms with Crippen molar-refractivity contribution in [2.75, 3.05) is 35.0 Å². The molecule has 2 aromatic carbocycles. The molecule has 0 spiro atoms. The second-order valence-electron chi connectivity index (χ2n) is 12.6. The van der Waals surface area contributed by atoms with Crippen molar-refractivity contribution in [3.63, 3.8) is 0 Å². The molecule has 50 heavy (non-hydrogen) atoms. The van der Waals surface area contributed by atoms with Crippen LogP contribution in [0.25, 0.3) is 12.2 Å². The first-order valence-corrected chi connectivity index (χ1v) is 18.1. The summed E-state index contributed by atoms with van der Waals surface area (Å²) in [4.78, 5) is 11.3. The Kier molecular flexibility index (Phi) is 16.5. The van der Waals surface area contributed by atoms with Gasteiger partial charge in [-0.15, -0.1) is 5.10 Å². The molecular weight excluding hydrogens is 634 g/mol. The molecule has 1 aliphatic rings. The molecule has 0 bridgehead atoms. The number of ether oxygens (including phenoxy) is 6. The van der Waals surface area contributed by atoms with Gasteiger partial charge < -0.3 is 28.4 Å². The first kappa shape index (κ1) is 38.3. The Morgan fingerprint density at radius 2 is 1.42 bits per heavy atom. The van der Waals surface area contributed by atoms with Crippen molar-refractivity contribution in [3.8, 4) is 28.7 Å². The Balaban J connectivity index is 1.04. The van der Waals surface area contributed by atoms with Crippen molar-refractivity contribution < 1.29 is 33.2 Å². The summed E-state index contributed by atoms with van der Waals surface area (Å²) < 4.78 is 35.4. The topological polar surface area (TPSA) is 103 Å². The third-order valence-electron chi connectivity index (χ3n) is 8.86. The minimum Gasteiger partial charge on any atom is -0.493 e. The summed E-state index contributed by atoms with van der Waals surface area (Å²) in [6.07, 6.45) is 25.1. The minimum atomic E-state index is -0.212. The minimum absolute atomic E-state index is 0.0454. The average molecular weight is 690 g/mol. The Bertz CT molecular complexity index is 1490. The van der Waals surface area contributed by atoms with Gasteiger partial charge >= 0.3 is 5.97 Å². The maximum absolute atomic E-state index is 11.3. The summed E-state index contributed by atoms with van der Waals surface area (Å²) in [6.45, 7) is 1.55. The van der Waals surface area contributed by atoms with Crippen molar-refractivity contribution in [1.29, 1.82) is 0 Å². The number of aryl methyl sites for hydroxylation is 2. The van der Waals surface area contributed by atoms with Crippen molar-refractivity contribution in [1.82, 2.24) is 15.0 Å². The summed E-state index contributed by atoms with van der Waals surface area (Å²) in [5.74, 6) is 3.06. The molecule has 0 unspecified atom stereocenters. The highest BCUT2D eigenvalue weighted by Gasteiger charge is 2.15. The quantitative estimate of drug-likeness (QED) is 0.0519. The standard InChI is InChI=1S/C40H55N3O7/c1-45-35-24-23-31(21-22-32-28-37(46-2)40(48-4)38(29-32)47-3)27-36(35)49-26-15-10-8-6-5-7-9-12-17-33-30-43(42-41-33)25-14-11-13-18-34-19-16-20-39(44)50-34/h16,20-24,27-30,34H,5-15,17-19,25-26H2,1-4H3/b22-21-/t34-/m1/s1. The molecule has 1 aromatic heterocycles. The van der Waals surface area contributed by atoms with Gasteiger partial charge in [0.15, 0.2) is 23.0 Å². The molecule has 272 valence electrons. The lowest BCUT2D eigenvalue weighted by Crippen LogP contribution is -2.19. The molecule has 3 aromatic rings. The van der Waals surface area contributed by atoms with Crippen molar-refractivity contribution in [3.05, 3.63) is 65.5 Å². The number of esters is 1. The monoisotopic (exact) mass is 689 g/mol. The lowest BCUT2D eigenvalue weighted by molar-refractivity contribution is -0.144. The lowest BCUT2D eigenvalue weighted by atomic mass is 10.1. The van der Waals surface area contributed by atoms with E-state index >= 15 is 0 Å². The van der Waals surface area contributed by atoms with Gasteiger partial charge in [0.1, 0.15) is 6.10 Å². The number of aromatic nitrogens is 3. The van der Waals surface area contributed by atoms with Gasteiger partial charge in [-0.3, -0.25) is 4.68 Å². The number of benzene rings is 2. The number of carbonyl (C=O) groups excluding carboxylic acids is 1. The predicted molar refractivity (Wildman–Crippen MR) is 196 cm³/mol. The van der Waals surface area contributed by atoms with E-state index < -0.39 is 0 Å². The average Bonchev–Trinajstić information content (AvgIpc) is 3.59. The van der Waals surface area contributed by atoms with Gasteiger partial charge in [-0.25, -0.2) is 4.79 Å². The Morgan fingerprint density at radius 1 is 0.760 bits per heavy atom. The molecule has 10 heteroatoms. The van der Waals surface area contributed by atoms with Gasteiger partial charge in [-0.1, -0.05) is 74.5 Å². The van der Waals surface area contributed by atoms with Crippen molar-refractivity contribution >= 4 is 18.1 Å². The van der Waals surface area contributed by atoms with E-state index in [4.69, 9.17) is 28.4 Å². The van der Waals surface area contributed by atoms with E-state index in [2.05, 4.69) is 16.5 Å². The number of carbonyl (C=O) groups is 1. The van der Waals surface area contributed by atoms with E-state index in [1.807, 2.05) is 53.2 Å². The molecule has 0 saturated heterocycles. The Morgan fingerprint density at radius 3 is 2.12 bits per heavy atom. The zero-order chi connectivity index (χ0) is 35.4. The Labute approximate surface area is 297 Å². The fourth-order valence-corrected chi connectivity index (χ4v) is 6.08. The van der Waals surface area contributed by atoms with Gasteiger partial charge in [0.2, 0.25) is 5.75 Å². The van der Waals surface area contributed by atoms with Crippen LogP contribution in [0.3, 0.4) is 0 Å². The highest BCUT2D eigenvalue weighted by atomic mass is 16.5. The zero-order valence-electron chi connectivity index (χ0n) is 30.4. The van der Waals surface area contributed by atoms with Crippen LogP contribution in [-0.4, -0.2) is 62.1 Å². The molecule has 10 nitrogen and oxygen atoms in total. The number of hydrogen-bond donors (Lipinski definition) is 0. The number of methoxy groups -OCH3 is 4. The van der Waals surface area contributed by atoms with Crippen LogP contribution in [0.4, 0.5) is 0 Å². The summed E-state index contributed by atoms with van der Waals surface area (Å²) >= 11 is 0. The second kappa shape index (κ2) is 21.6. The van der Waals surface area contributed by atoms with E-state index in [9.17, 15) is 4.79 Å². The number of rotatable bonds is 24. The second-order valence-corrected chi connectivity index (χ2v) is 12.6. The number of cyclic esters (lactones) is 1. The summed E-state index contributed by atoms with van der Waals surface area (Å²) in [5, 5.41) is 8.66. The molecule has 0 N–H and O–H groups in total. The van der Waals surface area contributed by atoms with Crippen LogP contribution >= 0.6 is 0 Å². The van der Waals surface area contributed by atoms with Crippen molar-refractivity contribution in [2.24, 2.45) is 0 Å². The number of hydrogen-bond acceptors (Lipinski definition) is 9. The molecule has 0 fully saturated rings. The third kappa shape index (κ3) is 12.8. The van der Waals surface area contributed by atoms with Gasteiger partial charge in [0.05, 0.1) is 40.7 Å². The van der Waals surface area contributed by atoms with Crippen LogP contribution in [0.1, 0.15) is 100 Å². The first-order valence-electron chi connectivity index (χ1n) is 18.1. The van der Waals surface area contributed by atoms with E-state index in [-0.39, 0.29) is 12.1 Å². The first-order chi connectivity index (χ1) is 24.5. The van der Waals surface area contributed by atoms with Gasteiger partial charge in [0, 0.05) is 25.2 Å². The van der Waals surface area contributed by atoms with Gasteiger partial charge in [0.25, 0.3) is 0 Å². The highest BCUT2D eigenvalue weighted by Crippen LogP contribution is 2.39. The smallest absolute Gasteiger partial charge is 0.330 e. The fourth-order valence-electron chi connectivity index (χ4n) is 6.08. The zero-order valence-corrected chi connectivity index (χ0v) is 30.4. The fraction of sp³-hybridized carbons (Fsp3) is 0.525. The third-order valence-corrected chi connectivity index (χ3v) is 8.86.